The summed E-state index contributed by atoms with van der Waals surface area (Å²) in [6.07, 6.45) is -0.605. The zero-order valence-corrected chi connectivity index (χ0v) is 12.1. The fourth-order valence-electron chi connectivity index (χ4n) is 1.92. The van der Waals surface area contributed by atoms with Crippen LogP contribution in [0.15, 0.2) is 12.1 Å². The quantitative estimate of drug-likeness (QED) is 0.780. The summed E-state index contributed by atoms with van der Waals surface area (Å²) in [4.78, 5) is 4.25. The zero-order chi connectivity index (χ0) is 14.4. The molecule has 1 fully saturated rings. The standard InChI is InChI=1S/C13H21BN2O3/c1-8(17)9-6-10(16-11(15)7-9)14-18-12(2,3)13(4,5)19-14/h6-8,17H,1-5H3,(H2,15,16). The van der Waals surface area contributed by atoms with Crippen molar-refractivity contribution in [2.24, 2.45) is 0 Å². The van der Waals surface area contributed by atoms with Crippen LogP contribution in [0.2, 0.25) is 0 Å². The monoisotopic (exact) mass is 264 g/mol. The van der Waals surface area contributed by atoms with Gasteiger partial charge in [0.1, 0.15) is 5.82 Å². The number of aromatic nitrogens is 1. The lowest BCUT2D eigenvalue weighted by Gasteiger charge is -2.32. The van der Waals surface area contributed by atoms with Crippen molar-refractivity contribution in [2.75, 3.05) is 5.73 Å². The molecular weight excluding hydrogens is 243 g/mol. The maximum absolute atomic E-state index is 9.66. The Morgan fingerprint density at radius 3 is 2.21 bits per heavy atom. The summed E-state index contributed by atoms with van der Waals surface area (Å²) in [6, 6.07) is 3.42. The van der Waals surface area contributed by atoms with Gasteiger partial charge in [0, 0.05) is 0 Å². The van der Waals surface area contributed by atoms with Crippen LogP contribution in [0.25, 0.3) is 0 Å². The normalized spacial score (nSPS) is 22.5. The summed E-state index contributed by atoms with van der Waals surface area (Å²) >= 11 is 0. The lowest BCUT2D eigenvalue weighted by molar-refractivity contribution is 0.00578. The van der Waals surface area contributed by atoms with Crippen molar-refractivity contribution in [2.45, 2.75) is 51.9 Å². The van der Waals surface area contributed by atoms with E-state index in [1.165, 1.54) is 0 Å². The first-order valence-corrected chi connectivity index (χ1v) is 6.43. The Kier molecular flexibility index (Phi) is 3.37. The first-order valence-electron chi connectivity index (χ1n) is 6.43. The second-order valence-corrected chi connectivity index (χ2v) is 6.01. The van der Waals surface area contributed by atoms with Gasteiger partial charge >= 0.3 is 7.12 Å². The predicted octanol–water partition coefficient (Wildman–Crippen LogP) is 1.02. The molecule has 104 valence electrons. The highest BCUT2D eigenvalue weighted by Gasteiger charge is 2.52. The third-order valence-electron chi connectivity index (χ3n) is 3.86. The Hall–Kier alpha value is -1.11. The first-order chi connectivity index (χ1) is 8.62. The summed E-state index contributed by atoms with van der Waals surface area (Å²) in [5.74, 6) is 0.350. The summed E-state index contributed by atoms with van der Waals surface area (Å²) in [5, 5.41) is 9.66. The average Bonchev–Trinajstić information content (AvgIpc) is 2.47. The summed E-state index contributed by atoms with van der Waals surface area (Å²) < 4.78 is 11.8. The maximum atomic E-state index is 9.66. The van der Waals surface area contributed by atoms with E-state index in [1.54, 1.807) is 19.1 Å². The highest BCUT2D eigenvalue weighted by molar-refractivity contribution is 6.61. The Bertz CT molecular complexity index is 473. The van der Waals surface area contributed by atoms with E-state index in [4.69, 9.17) is 15.0 Å². The van der Waals surface area contributed by atoms with Crippen molar-refractivity contribution < 1.29 is 14.4 Å². The number of aliphatic hydroxyl groups is 1. The largest absolute Gasteiger partial charge is 0.514 e. The van der Waals surface area contributed by atoms with Gasteiger partial charge in [-0.1, -0.05) is 0 Å². The maximum Gasteiger partial charge on any atom is 0.514 e. The second kappa shape index (κ2) is 4.47. The van der Waals surface area contributed by atoms with Crippen LogP contribution in [-0.4, -0.2) is 28.4 Å². The molecule has 0 radical (unpaired) electrons. The van der Waals surface area contributed by atoms with E-state index in [1.807, 2.05) is 27.7 Å². The minimum atomic E-state index is -0.605. The molecule has 1 aliphatic heterocycles. The van der Waals surface area contributed by atoms with Crippen LogP contribution in [0.1, 0.15) is 46.3 Å². The van der Waals surface area contributed by atoms with E-state index in [0.717, 1.165) is 0 Å². The van der Waals surface area contributed by atoms with E-state index in [0.29, 0.717) is 17.0 Å². The number of rotatable bonds is 2. The summed E-state index contributed by atoms with van der Waals surface area (Å²) in [6.45, 7) is 9.61. The number of hydrogen-bond acceptors (Lipinski definition) is 5. The van der Waals surface area contributed by atoms with Crippen molar-refractivity contribution in [3.63, 3.8) is 0 Å². The van der Waals surface area contributed by atoms with Crippen molar-refractivity contribution in [1.82, 2.24) is 4.98 Å². The number of nitrogens with two attached hydrogens (primary N) is 1. The number of anilines is 1. The molecule has 19 heavy (non-hydrogen) atoms. The van der Waals surface area contributed by atoms with Crippen molar-refractivity contribution >= 4 is 18.5 Å². The number of pyridine rings is 1. The van der Waals surface area contributed by atoms with Gasteiger partial charge < -0.3 is 20.1 Å². The Morgan fingerprint density at radius 1 is 1.21 bits per heavy atom. The molecule has 0 spiro atoms. The molecule has 0 bridgehead atoms. The molecule has 1 aliphatic rings. The van der Waals surface area contributed by atoms with Crippen LogP contribution < -0.4 is 11.3 Å². The van der Waals surface area contributed by atoms with Crippen LogP contribution in [-0.2, 0) is 9.31 Å². The van der Waals surface area contributed by atoms with E-state index in [9.17, 15) is 5.11 Å². The van der Waals surface area contributed by atoms with E-state index >= 15 is 0 Å². The number of nitrogen functional groups attached to an aromatic ring is 1. The Labute approximate surface area is 114 Å². The van der Waals surface area contributed by atoms with Crippen LogP contribution in [0.4, 0.5) is 5.82 Å². The molecule has 1 aromatic rings. The molecule has 1 atom stereocenters. The molecule has 1 unspecified atom stereocenters. The summed E-state index contributed by atoms with van der Waals surface area (Å²) in [7, 11) is -0.564. The van der Waals surface area contributed by atoms with Crippen LogP contribution in [0.3, 0.4) is 0 Å². The smallest absolute Gasteiger partial charge is 0.398 e. The predicted molar refractivity (Wildman–Crippen MR) is 75.0 cm³/mol. The van der Waals surface area contributed by atoms with E-state index < -0.39 is 24.4 Å². The number of nitrogens with zero attached hydrogens (tertiary/aromatic N) is 1. The average molecular weight is 264 g/mol. The minimum absolute atomic E-state index is 0.350. The molecule has 6 heteroatoms. The van der Waals surface area contributed by atoms with Crippen molar-refractivity contribution in [3.8, 4) is 0 Å². The molecular formula is C13H21BN2O3. The van der Waals surface area contributed by atoms with Gasteiger partial charge in [-0.15, -0.1) is 0 Å². The van der Waals surface area contributed by atoms with Gasteiger partial charge in [-0.2, -0.15) is 0 Å². The van der Waals surface area contributed by atoms with Gasteiger partial charge in [-0.25, -0.2) is 4.98 Å². The fraction of sp³-hybridized carbons (Fsp3) is 0.615. The van der Waals surface area contributed by atoms with Crippen LogP contribution >= 0.6 is 0 Å². The third-order valence-corrected chi connectivity index (χ3v) is 3.86. The van der Waals surface area contributed by atoms with Crippen LogP contribution in [0.5, 0.6) is 0 Å². The first kappa shape index (κ1) is 14.3. The molecule has 0 amide bonds. The SMILES string of the molecule is CC(O)c1cc(N)nc(B2OC(C)(C)C(C)(C)O2)c1. The molecule has 0 aromatic carbocycles. The lowest BCUT2D eigenvalue weighted by atomic mass is 9.83. The molecule has 1 saturated heterocycles. The minimum Gasteiger partial charge on any atom is -0.398 e. The molecule has 5 nitrogen and oxygen atoms in total. The second-order valence-electron chi connectivity index (χ2n) is 6.01. The Balaban J connectivity index is 2.34. The van der Waals surface area contributed by atoms with Crippen LogP contribution in [0, 0.1) is 0 Å². The van der Waals surface area contributed by atoms with Crippen molar-refractivity contribution in [1.29, 1.82) is 0 Å². The summed E-state index contributed by atoms with van der Waals surface area (Å²) in [5.41, 5.74) is 6.22. The number of hydrogen-bond donors (Lipinski definition) is 2. The van der Waals surface area contributed by atoms with Gasteiger partial charge in [0.25, 0.3) is 0 Å². The van der Waals surface area contributed by atoms with Gasteiger partial charge in [-0.3, -0.25) is 0 Å². The molecule has 0 saturated carbocycles. The van der Waals surface area contributed by atoms with Gasteiger partial charge in [0.15, 0.2) is 0 Å². The third kappa shape index (κ3) is 2.61. The van der Waals surface area contributed by atoms with Gasteiger partial charge in [-0.05, 0) is 52.3 Å². The molecule has 2 rings (SSSR count). The van der Waals surface area contributed by atoms with Gasteiger partial charge in [0.05, 0.1) is 22.9 Å². The molecule has 2 heterocycles. The lowest BCUT2D eigenvalue weighted by Crippen LogP contribution is -2.41. The molecule has 0 aliphatic carbocycles. The zero-order valence-electron chi connectivity index (χ0n) is 12.1. The fourth-order valence-corrected chi connectivity index (χ4v) is 1.92. The molecule has 1 aromatic heterocycles. The van der Waals surface area contributed by atoms with Crippen molar-refractivity contribution in [3.05, 3.63) is 17.7 Å². The molecule has 3 N–H and O–H groups in total. The van der Waals surface area contributed by atoms with E-state index in [-0.39, 0.29) is 0 Å². The Morgan fingerprint density at radius 2 is 1.74 bits per heavy atom. The highest BCUT2D eigenvalue weighted by Crippen LogP contribution is 2.36. The van der Waals surface area contributed by atoms with Gasteiger partial charge in [0.2, 0.25) is 0 Å². The topological polar surface area (TPSA) is 77.6 Å². The van der Waals surface area contributed by atoms with E-state index in [2.05, 4.69) is 4.98 Å². The highest BCUT2D eigenvalue weighted by atomic mass is 16.7. The number of aliphatic hydroxyl groups excluding tert-OH is 1.